The van der Waals surface area contributed by atoms with Crippen molar-refractivity contribution in [3.8, 4) is 50.2 Å². The Bertz CT molecular complexity index is 4420. The Kier molecular flexibility index (Phi) is 11.5. The van der Waals surface area contributed by atoms with E-state index in [-0.39, 0.29) is 17.3 Å². The van der Waals surface area contributed by atoms with Crippen LogP contribution in [-0.2, 0) is 17.3 Å². The Morgan fingerprint density at radius 1 is 0.402 bits per heavy atom. The van der Waals surface area contributed by atoms with Crippen LogP contribution in [0.2, 0.25) is 0 Å². The van der Waals surface area contributed by atoms with Gasteiger partial charge in [0.2, 0.25) is 0 Å². The first-order chi connectivity index (χ1) is 40.7. The molecule has 1 aromatic heterocycles. The largest absolute Gasteiger partial charge is 0.311 e. The predicted octanol–water partition coefficient (Wildman–Crippen LogP) is 20.3. The van der Waals surface area contributed by atoms with Gasteiger partial charge in [0, 0.05) is 51.1 Å². The monoisotopic (exact) mass is 1050 g/mol. The molecular weight excluding hydrogens is 989 g/mol. The van der Waals surface area contributed by atoms with Gasteiger partial charge in [0.15, 0.2) is 0 Å². The fraction of sp³-hybridized carbons (Fsp3) is 0.100. The average molecular weight is 1050 g/mol. The maximum Gasteiger partial charge on any atom is 0.0538 e. The molecule has 1 spiro atoms. The Morgan fingerprint density at radius 2 is 0.939 bits per heavy atom. The molecule has 11 aromatic rings. The van der Waals surface area contributed by atoms with E-state index < -0.39 is 5.41 Å². The average Bonchev–Trinajstić information content (AvgIpc) is 2.38. The van der Waals surface area contributed by atoms with E-state index in [0.717, 1.165) is 42.7 Å². The van der Waals surface area contributed by atoms with Gasteiger partial charge < -0.3 is 9.47 Å². The maximum atomic E-state index is 2.56. The van der Waals surface area contributed by atoms with Crippen LogP contribution in [-0.4, -0.2) is 4.57 Å². The lowest BCUT2D eigenvalue weighted by Crippen LogP contribution is -2.54. The van der Waals surface area contributed by atoms with Crippen molar-refractivity contribution in [1.82, 2.24) is 4.57 Å². The number of allylic oxidation sites excluding steroid dienone is 9. The second kappa shape index (κ2) is 19.5. The van der Waals surface area contributed by atoms with Crippen LogP contribution in [0.3, 0.4) is 0 Å². The van der Waals surface area contributed by atoms with Crippen molar-refractivity contribution >= 4 is 34.0 Å². The van der Waals surface area contributed by atoms with Gasteiger partial charge in [0.1, 0.15) is 0 Å². The van der Waals surface area contributed by atoms with Gasteiger partial charge in [0.05, 0.1) is 10.9 Å². The molecule has 0 saturated heterocycles. The summed E-state index contributed by atoms with van der Waals surface area (Å²) in [6.45, 7) is 0. The van der Waals surface area contributed by atoms with Gasteiger partial charge in [-0.3, -0.25) is 0 Å². The van der Waals surface area contributed by atoms with Crippen LogP contribution in [0.4, 0.5) is 17.1 Å². The first-order valence-corrected chi connectivity index (χ1v) is 29.4. The number of hydrogen-bond acceptors (Lipinski definition) is 1. The van der Waals surface area contributed by atoms with Crippen molar-refractivity contribution in [3.05, 3.63) is 342 Å². The van der Waals surface area contributed by atoms with Crippen molar-refractivity contribution in [1.29, 1.82) is 0 Å². The first-order valence-electron chi connectivity index (χ1n) is 29.4. The zero-order chi connectivity index (χ0) is 54.2. The Balaban J connectivity index is 0.813. The summed E-state index contributed by atoms with van der Waals surface area (Å²) in [5.74, 6) is 0.301. The minimum absolute atomic E-state index is 0.139. The molecule has 3 unspecified atom stereocenters. The highest BCUT2D eigenvalue weighted by molar-refractivity contribution is 5.97. The molecule has 0 saturated carbocycles. The van der Waals surface area contributed by atoms with E-state index in [4.69, 9.17) is 0 Å². The number of benzene rings is 10. The summed E-state index contributed by atoms with van der Waals surface area (Å²) >= 11 is 0. The number of aromatic nitrogens is 1. The highest BCUT2D eigenvalue weighted by atomic mass is 15.1. The molecular formula is C80H60N2. The van der Waals surface area contributed by atoms with Gasteiger partial charge >= 0.3 is 0 Å². The van der Waals surface area contributed by atoms with Crippen LogP contribution in [0.1, 0.15) is 58.3 Å². The van der Waals surface area contributed by atoms with Crippen LogP contribution in [0, 0.1) is 11.8 Å². The van der Waals surface area contributed by atoms with E-state index >= 15 is 0 Å². The molecule has 16 rings (SSSR count). The summed E-state index contributed by atoms with van der Waals surface area (Å²) in [6, 6.07) is 93.6. The number of rotatable bonds is 9. The highest BCUT2D eigenvalue weighted by Crippen LogP contribution is 2.69. The van der Waals surface area contributed by atoms with Crippen LogP contribution in [0.5, 0.6) is 0 Å². The standard InChI is InChI=1S/C80H60N2/c1-5-22-55(23-6-1)56-40-47-63(48-41-56)81(64-49-42-57(43-50-64)59-46-53-77-69(54-59)67-30-14-20-39-76(67)82(77)62-28-11-4-12-29-62)65-51-44-58(45-52-65)66-32-21-38-75-78(66)68-31-13-15-33-70(68)80(75)73-36-18-16-34-71(73)79(60-24-7-2-8-25-60,61-26-9-3-10-27-61)72-35-17-19-37-74(72)80/h1-9,11-13,15-26,28-29,31-54,71,73H,10,14,27,30H2/t71-,73?,79?,80?/m0/s1. The summed E-state index contributed by atoms with van der Waals surface area (Å²) in [5.41, 5.74) is 26.1. The summed E-state index contributed by atoms with van der Waals surface area (Å²) in [7, 11) is 0. The SMILES string of the molecule is C1=CCCC(C2(c3ccccc3)c3ccccc3C3(c4ccccc4-c4c(-c5ccc(N(c6ccc(-c7ccccc7)cc6)c6ccc(-c7ccc8c(c7)c7c(n8-c8ccccc8)C=CCC7)cc6)cc5)cccc43)C3C=CC=C[C@@H]32)=C1. The molecule has 5 aliphatic carbocycles. The third-order valence-electron chi connectivity index (χ3n) is 18.9. The molecule has 0 bridgehead atoms. The summed E-state index contributed by atoms with van der Waals surface area (Å²) in [4.78, 5) is 2.41. The minimum atomic E-state index is -0.432. The van der Waals surface area contributed by atoms with Crippen LogP contribution in [0.25, 0.3) is 67.2 Å². The zero-order valence-electron chi connectivity index (χ0n) is 45.7. The van der Waals surface area contributed by atoms with Crippen molar-refractivity contribution < 1.29 is 0 Å². The molecule has 0 fully saturated rings. The second-order valence-corrected chi connectivity index (χ2v) is 22.8. The molecule has 0 N–H and O–H groups in total. The van der Waals surface area contributed by atoms with E-state index in [2.05, 4.69) is 313 Å². The molecule has 0 aliphatic heterocycles. The zero-order valence-corrected chi connectivity index (χ0v) is 45.7. The maximum absolute atomic E-state index is 2.56. The minimum Gasteiger partial charge on any atom is -0.311 e. The number of hydrogen-bond donors (Lipinski definition) is 0. The molecule has 390 valence electrons. The van der Waals surface area contributed by atoms with Gasteiger partial charge in [-0.25, -0.2) is 0 Å². The van der Waals surface area contributed by atoms with Crippen molar-refractivity contribution in [2.45, 2.75) is 36.5 Å². The van der Waals surface area contributed by atoms with E-state index in [9.17, 15) is 0 Å². The summed E-state index contributed by atoms with van der Waals surface area (Å²) in [5, 5.41) is 1.33. The van der Waals surface area contributed by atoms with Crippen LogP contribution >= 0.6 is 0 Å². The molecule has 10 aromatic carbocycles. The van der Waals surface area contributed by atoms with Crippen molar-refractivity contribution in [2.75, 3.05) is 4.90 Å². The quantitative estimate of drug-likeness (QED) is 0.140. The molecule has 82 heavy (non-hydrogen) atoms. The first kappa shape index (κ1) is 48.2. The number of nitrogens with zero attached hydrogens (tertiary/aromatic N) is 2. The highest BCUT2D eigenvalue weighted by Gasteiger charge is 2.62. The van der Waals surface area contributed by atoms with Gasteiger partial charge in [-0.05, 0) is 170 Å². The molecule has 1 heterocycles. The third kappa shape index (κ3) is 7.27. The van der Waals surface area contributed by atoms with E-state index in [0.29, 0.717) is 0 Å². The third-order valence-corrected chi connectivity index (χ3v) is 18.9. The predicted molar refractivity (Wildman–Crippen MR) is 342 cm³/mol. The smallest absolute Gasteiger partial charge is 0.0538 e. The molecule has 0 radical (unpaired) electrons. The molecule has 5 aliphatic rings. The topological polar surface area (TPSA) is 8.17 Å². The van der Waals surface area contributed by atoms with Crippen LogP contribution in [0.15, 0.2) is 303 Å². The number of fused-ring (bicyclic) bond motifs is 12. The van der Waals surface area contributed by atoms with Crippen molar-refractivity contribution in [3.63, 3.8) is 0 Å². The molecule has 2 heteroatoms. The fourth-order valence-corrected chi connectivity index (χ4v) is 15.5. The van der Waals surface area contributed by atoms with E-state index in [1.165, 1.54) is 106 Å². The number of anilines is 3. The Morgan fingerprint density at radius 3 is 1.62 bits per heavy atom. The van der Waals surface area contributed by atoms with Gasteiger partial charge in [-0.1, -0.05) is 242 Å². The normalized spacial score (nSPS) is 19.7. The fourth-order valence-electron chi connectivity index (χ4n) is 15.5. The van der Waals surface area contributed by atoms with Gasteiger partial charge in [-0.15, -0.1) is 0 Å². The lowest BCUT2D eigenvalue weighted by molar-refractivity contribution is 0.243. The Hall–Kier alpha value is -9.76. The van der Waals surface area contributed by atoms with E-state index in [1.54, 1.807) is 0 Å². The van der Waals surface area contributed by atoms with Gasteiger partial charge in [0.25, 0.3) is 0 Å². The summed E-state index contributed by atoms with van der Waals surface area (Å²) < 4.78 is 2.43. The van der Waals surface area contributed by atoms with Crippen molar-refractivity contribution in [2.24, 2.45) is 11.8 Å². The summed E-state index contributed by atoms with van der Waals surface area (Å²) in [6.07, 6.45) is 25.7. The second-order valence-electron chi connectivity index (χ2n) is 22.8. The van der Waals surface area contributed by atoms with Crippen LogP contribution < -0.4 is 4.90 Å². The molecule has 2 nitrogen and oxygen atoms in total. The molecule has 0 amide bonds. The Labute approximate surface area is 481 Å². The molecule has 4 atom stereocenters. The lowest BCUT2D eigenvalue weighted by atomic mass is 9.44. The van der Waals surface area contributed by atoms with E-state index in [1.807, 2.05) is 0 Å². The number of aryl methyl sites for hydroxylation is 1. The number of para-hydroxylation sites is 1. The van der Waals surface area contributed by atoms with Gasteiger partial charge in [-0.2, -0.15) is 0 Å². The lowest BCUT2D eigenvalue weighted by Gasteiger charge is -2.58.